The van der Waals surface area contributed by atoms with Gasteiger partial charge >= 0.3 is 0 Å². The first kappa shape index (κ1) is 17.1. The highest BCUT2D eigenvalue weighted by molar-refractivity contribution is 9.10. The largest absolute Gasteiger partial charge is 0.383 e. The highest BCUT2D eigenvalue weighted by Crippen LogP contribution is 2.19. The highest BCUT2D eigenvalue weighted by atomic mass is 79.9. The number of rotatable bonds is 7. The van der Waals surface area contributed by atoms with Crippen LogP contribution in [0.5, 0.6) is 0 Å². The van der Waals surface area contributed by atoms with Gasteiger partial charge in [-0.05, 0) is 17.7 Å². The first-order chi connectivity index (χ1) is 9.43. The molecule has 0 spiro atoms. The molecule has 0 radical (unpaired) electrons. The van der Waals surface area contributed by atoms with Gasteiger partial charge in [0, 0.05) is 38.8 Å². The average molecular weight is 347 g/mol. The number of hydrogen-bond acceptors (Lipinski definition) is 3. The maximum absolute atomic E-state index is 13.1. The van der Waals surface area contributed by atoms with E-state index < -0.39 is 0 Å². The number of halogens is 2. The van der Waals surface area contributed by atoms with Crippen LogP contribution in [0, 0.1) is 5.82 Å². The van der Waals surface area contributed by atoms with E-state index in [9.17, 15) is 9.18 Å². The Morgan fingerprint density at radius 1 is 1.40 bits per heavy atom. The third kappa shape index (κ3) is 5.56. The van der Waals surface area contributed by atoms with E-state index >= 15 is 0 Å². The van der Waals surface area contributed by atoms with E-state index in [-0.39, 0.29) is 11.7 Å². The molecule has 1 aromatic carbocycles. The van der Waals surface area contributed by atoms with Crippen LogP contribution in [0.4, 0.5) is 4.39 Å². The molecule has 4 nitrogen and oxygen atoms in total. The van der Waals surface area contributed by atoms with Crippen LogP contribution in [-0.4, -0.2) is 56.6 Å². The zero-order valence-electron chi connectivity index (χ0n) is 12.0. The lowest BCUT2D eigenvalue weighted by molar-refractivity contribution is -0.130. The summed E-state index contributed by atoms with van der Waals surface area (Å²) in [7, 11) is 5.08. The molecule has 20 heavy (non-hydrogen) atoms. The molecule has 0 atom stereocenters. The number of nitrogens with zero attached hydrogens (tertiary/aromatic N) is 2. The second kappa shape index (κ2) is 8.34. The standard InChI is InChI=1S/C14H20BrFN2O2/c1-17(2)14(19)10-18(6-7-20-3)9-11-4-5-12(16)8-13(11)15/h4-5,8H,6-7,9-10H2,1-3H3. The second-order valence-corrected chi connectivity index (χ2v) is 5.58. The van der Waals surface area contributed by atoms with Gasteiger partial charge in [-0.3, -0.25) is 9.69 Å². The summed E-state index contributed by atoms with van der Waals surface area (Å²) in [6.07, 6.45) is 0. The Labute approximate surface area is 127 Å². The summed E-state index contributed by atoms with van der Waals surface area (Å²) in [6.45, 7) is 2.05. The topological polar surface area (TPSA) is 32.8 Å². The van der Waals surface area contributed by atoms with Gasteiger partial charge in [-0.25, -0.2) is 4.39 Å². The Morgan fingerprint density at radius 2 is 2.10 bits per heavy atom. The third-order valence-corrected chi connectivity index (χ3v) is 3.62. The van der Waals surface area contributed by atoms with Crippen LogP contribution >= 0.6 is 15.9 Å². The molecule has 6 heteroatoms. The third-order valence-electron chi connectivity index (χ3n) is 2.88. The Bertz CT molecular complexity index is 455. The lowest BCUT2D eigenvalue weighted by atomic mass is 10.2. The molecular formula is C14H20BrFN2O2. The summed E-state index contributed by atoms with van der Waals surface area (Å²) in [6, 6.07) is 4.57. The molecule has 0 saturated carbocycles. The van der Waals surface area contributed by atoms with Gasteiger partial charge in [0.25, 0.3) is 0 Å². The van der Waals surface area contributed by atoms with Gasteiger partial charge in [0.15, 0.2) is 0 Å². The van der Waals surface area contributed by atoms with Crippen molar-refractivity contribution in [3.63, 3.8) is 0 Å². The van der Waals surface area contributed by atoms with Gasteiger partial charge in [0.05, 0.1) is 13.2 Å². The van der Waals surface area contributed by atoms with E-state index in [0.717, 1.165) is 5.56 Å². The van der Waals surface area contributed by atoms with Crippen molar-refractivity contribution < 1.29 is 13.9 Å². The minimum atomic E-state index is -0.284. The smallest absolute Gasteiger partial charge is 0.236 e. The Hall–Kier alpha value is -0.980. The number of carbonyl (C=O) groups is 1. The minimum Gasteiger partial charge on any atom is -0.383 e. The fraction of sp³-hybridized carbons (Fsp3) is 0.500. The number of methoxy groups -OCH3 is 1. The predicted molar refractivity (Wildman–Crippen MR) is 79.9 cm³/mol. The zero-order chi connectivity index (χ0) is 15.1. The molecule has 0 aliphatic rings. The highest BCUT2D eigenvalue weighted by Gasteiger charge is 2.14. The predicted octanol–water partition coefficient (Wildman–Crippen LogP) is 2.12. The number of carbonyl (C=O) groups excluding carboxylic acids is 1. The number of benzene rings is 1. The van der Waals surface area contributed by atoms with Gasteiger partial charge < -0.3 is 9.64 Å². The average Bonchev–Trinajstić information content (AvgIpc) is 2.38. The van der Waals surface area contributed by atoms with E-state index in [4.69, 9.17) is 4.74 Å². The molecule has 0 unspecified atom stereocenters. The Balaban J connectivity index is 2.75. The maximum Gasteiger partial charge on any atom is 0.236 e. The normalized spacial score (nSPS) is 10.9. The van der Waals surface area contributed by atoms with Crippen molar-refractivity contribution in [2.45, 2.75) is 6.54 Å². The van der Waals surface area contributed by atoms with Crippen molar-refractivity contribution in [3.8, 4) is 0 Å². The maximum atomic E-state index is 13.1. The minimum absolute atomic E-state index is 0.0272. The van der Waals surface area contributed by atoms with Crippen LogP contribution in [0.2, 0.25) is 0 Å². The van der Waals surface area contributed by atoms with Crippen molar-refractivity contribution >= 4 is 21.8 Å². The lowest BCUT2D eigenvalue weighted by Crippen LogP contribution is -2.38. The summed E-state index contributed by atoms with van der Waals surface area (Å²) in [5.74, 6) is -0.257. The SMILES string of the molecule is COCCN(CC(=O)N(C)C)Cc1ccc(F)cc1Br. The van der Waals surface area contributed by atoms with E-state index in [1.54, 1.807) is 32.2 Å². The second-order valence-electron chi connectivity index (χ2n) is 4.73. The summed E-state index contributed by atoms with van der Waals surface area (Å²) in [4.78, 5) is 15.3. The Kier molecular flexibility index (Phi) is 7.12. The van der Waals surface area contributed by atoms with Crippen molar-refractivity contribution in [2.75, 3.05) is 40.9 Å². The molecule has 0 aromatic heterocycles. The number of hydrogen-bond donors (Lipinski definition) is 0. The molecule has 0 heterocycles. The summed E-state index contributed by atoms with van der Waals surface area (Å²) < 4.78 is 18.8. The molecule has 0 N–H and O–H groups in total. The quantitative estimate of drug-likeness (QED) is 0.758. The number of likely N-dealkylation sites (N-methyl/N-ethyl adjacent to an activating group) is 1. The van der Waals surface area contributed by atoms with Crippen molar-refractivity contribution in [3.05, 3.63) is 34.1 Å². The molecule has 1 rings (SSSR count). The first-order valence-corrected chi connectivity index (χ1v) is 7.08. The van der Waals surface area contributed by atoms with Gasteiger partial charge in [-0.15, -0.1) is 0 Å². The zero-order valence-corrected chi connectivity index (χ0v) is 13.6. The lowest BCUT2D eigenvalue weighted by Gasteiger charge is -2.23. The molecular weight excluding hydrogens is 327 g/mol. The van der Waals surface area contributed by atoms with E-state index in [2.05, 4.69) is 15.9 Å². The monoisotopic (exact) mass is 346 g/mol. The van der Waals surface area contributed by atoms with Crippen LogP contribution in [0.25, 0.3) is 0 Å². The molecule has 0 fully saturated rings. The van der Waals surface area contributed by atoms with Gasteiger partial charge in [0.2, 0.25) is 5.91 Å². The van der Waals surface area contributed by atoms with Crippen LogP contribution in [-0.2, 0) is 16.1 Å². The van der Waals surface area contributed by atoms with E-state index in [1.807, 2.05) is 4.90 Å². The van der Waals surface area contributed by atoms with Gasteiger partial charge in [-0.2, -0.15) is 0 Å². The summed E-state index contributed by atoms with van der Waals surface area (Å²) in [5, 5.41) is 0. The molecule has 1 amide bonds. The fourth-order valence-electron chi connectivity index (χ4n) is 1.66. The van der Waals surface area contributed by atoms with E-state index in [1.165, 1.54) is 12.1 Å². The first-order valence-electron chi connectivity index (χ1n) is 6.29. The van der Waals surface area contributed by atoms with Crippen molar-refractivity contribution in [1.82, 2.24) is 9.80 Å². The van der Waals surface area contributed by atoms with Gasteiger partial charge in [0.1, 0.15) is 5.82 Å². The molecule has 0 saturated heterocycles. The molecule has 0 aliphatic heterocycles. The van der Waals surface area contributed by atoms with Gasteiger partial charge in [-0.1, -0.05) is 22.0 Å². The summed E-state index contributed by atoms with van der Waals surface area (Å²) >= 11 is 3.35. The van der Waals surface area contributed by atoms with Crippen molar-refractivity contribution in [1.29, 1.82) is 0 Å². The molecule has 1 aromatic rings. The van der Waals surface area contributed by atoms with Crippen LogP contribution in [0.3, 0.4) is 0 Å². The fourth-order valence-corrected chi connectivity index (χ4v) is 2.13. The van der Waals surface area contributed by atoms with Crippen LogP contribution < -0.4 is 0 Å². The molecule has 112 valence electrons. The molecule has 0 bridgehead atoms. The van der Waals surface area contributed by atoms with Crippen molar-refractivity contribution in [2.24, 2.45) is 0 Å². The van der Waals surface area contributed by atoms with Crippen LogP contribution in [0.15, 0.2) is 22.7 Å². The number of amides is 1. The van der Waals surface area contributed by atoms with E-state index in [0.29, 0.717) is 30.7 Å². The van der Waals surface area contributed by atoms with Crippen LogP contribution in [0.1, 0.15) is 5.56 Å². The summed E-state index contributed by atoms with van der Waals surface area (Å²) in [5.41, 5.74) is 0.939. The molecule has 0 aliphatic carbocycles. The Morgan fingerprint density at radius 3 is 2.65 bits per heavy atom. The number of ether oxygens (including phenoxy) is 1.